The zero-order valence-corrected chi connectivity index (χ0v) is 9.19. The lowest BCUT2D eigenvalue weighted by Crippen LogP contribution is -2.09. The average Bonchev–Trinajstić information content (AvgIpc) is 2.30. The maximum absolute atomic E-state index is 12.1. The Bertz CT molecular complexity index is 418. The average molecular weight is 242 g/mol. The number of rotatable bonds is 5. The van der Waals surface area contributed by atoms with Crippen molar-refractivity contribution in [1.29, 1.82) is 5.26 Å². The van der Waals surface area contributed by atoms with Gasteiger partial charge in [0.15, 0.2) is 11.5 Å². The van der Waals surface area contributed by atoms with Crippen molar-refractivity contribution in [3.8, 4) is 17.6 Å². The van der Waals surface area contributed by atoms with Crippen molar-refractivity contribution >= 4 is 0 Å². The van der Waals surface area contributed by atoms with Gasteiger partial charge in [-0.3, -0.25) is 0 Å². The fourth-order valence-corrected chi connectivity index (χ4v) is 1.25. The third-order valence-electron chi connectivity index (χ3n) is 1.98. The summed E-state index contributed by atoms with van der Waals surface area (Å²) in [5.74, 6) is 0.0757. The Morgan fingerprint density at radius 2 is 2.12 bits per heavy atom. The lowest BCUT2D eigenvalue weighted by molar-refractivity contribution is -0.0514. The van der Waals surface area contributed by atoms with Crippen LogP contribution >= 0.6 is 0 Å². The molecule has 17 heavy (non-hydrogen) atoms. The molecule has 0 fully saturated rings. The van der Waals surface area contributed by atoms with Crippen molar-refractivity contribution in [2.45, 2.75) is 19.6 Å². The highest BCUT2D eigenvalue weighted by molar-refractivity contribution is 5.44. The summed E-state index contributed by atoms with van der Waals surface area (Å²) in [6, 6.07) is 5.21. The molecule has 0 saturated heterocycles. The fourth-order valence-electron chi connectivity index (χ4n) is 1.25. The number of halogens is 2. The third kappa shape index (κ3) is 3.57. The van der Waals surface area contributed by atoms with E-state index in [1.165, 1.54) is 18.2 Å². The molecule has 0 bridgehead atoms. The van der Waals surface area contributed by atoms with Gasteiger partial charge in [-0.25, -0.2) is 0 Å². The highest BCUT2D eigenvalue weighted by Crippen LogP contribution is 2.31. The van der Waals surface area contributed by atoms with Gasteiger partial charge in [0.05, 0.1) is 12.7 Å². The lowest BCUT2D eigenvalue weighted by Gasteiger charge is -2.13. The summed E-state index contributed by atoms with van der Waals surface area (Å²) in [5, 5.41) is 8.66. The Morgan fingerprint density at radius 1 is 1.41 bits per heavy atom. The Balaban J connectivity index is 3.04. The van der Waals surface area contributed by atoms with Crippen molar-refractivity contribution in [2.75, 3.05) is 6.61 Å². The van der Waals surface area contributed by atoms with E-state index in [2.05, 4.69) is 4.74 Å². The molecular weight excluding hydrogens is 230 g/mol. The first-order valence-corrected chi connectivity index (χ1v) is 4.95. The van der Waals surface area contributed by atoms with Crippen LogP contribution in [0.3, 0.4) is 0 Å². The van der Waals surface area contributed by atoms with Gasteiger partial charge in [0, 0.05) is 0 Å². The van der Waals surface area contributed by atoms with Gasteiger partial charge in [-0.1, -0.05) is 6.07 Å². The van der Waals surface area contributed by atoms with Crippen LogP contribution in [-0.2, 0) is 0 Å². The molecule has 0 spiro atoms. The zero-order valence-electron chi connectivity index (χ0n) is 9.19. The second-order valence-corrected chi connectivity index (χ2v) is 3.12. The maximum atomic E-state index is 12.1. The van der Waals surface area contributed by atoms with Crippen molar-refractivity contribution < 1.29 is 18.3 Å². The van der Waals surface area contributed by atoms with E-state index in [9.17, 15) is 8.78 Å². The molecule has 1 aromatic carbocycles. The largest absolute Gasteiger partial charge is 0.490 e. The minimum absolute atomic E-state index is 0.0734. The molecule has 6 heteroatoms. The molecule has 0 heterocycles. The summed E-state index contributed by atoms with van der Waals surface area (Å²) in [6.45, 7) is -0.918. The number of ether oxygens (including phenoxy) is 2. The number of nitrogens with two attached hydrogens (primary N) is 1. The normalized spacial score (nSPS) is 12.0. The van der Waals surface area contributed by atoms with Crippen molar-refractivity contribution in [3.05, 3.63) is 23.8 Å². The van der Waals surface area contributed by atoms with Crippen molar-refractivity contribution in [1.82, 2.24) is 0 Å². The zero-order chi connectivity index (χ0) is 12.8. The highest BCUT2D eigenvalue weighted by atomic mass is 19.3. The van der Waals surface area contributed by atoms with Gasteiger partial charge < -0.3 is 15.2 Å². The smallest absolute Gasteiger partial charge is 0.387 e. The van der Waals surface area contributed by atoms with Gasteiger partial charge in [0.1, 0.15) is 6.04 Å². The molecule has 0 aliphatic carbocycles. The summed E-state index contributed by atoms with van der Waals surface area (Å²) in [6.07, 6.45) is 0. The summed E-state index contributed by atoms with van der Waals surface area (Å²) >= 11 is 0. The van der Waals surface area contributed by atoms with Crippen LogP contribution in [0.4, 0.5) is 8.78 Å². The molecule has 92 valence electrons. The maximum Gasteiger partial charge on any atom is 0.387 e. The van der Waals surface area contributed by atoms with Crippen LogP contribution in [0.1, 0.15) is 18.5 Å². The van der Waals surface area contributed by atoms with Crippen LogP contribution < -0.4 is 15.2 Å². The first-order chi connectivity index (χ1) is 8.08. The van der Waals surface area contributed by atoms with Crippen LogP contribution in [0.2, 0.25) is 0 Å². The SMILES string of the molecule is CCOc1cc(C(N)C#N)ccc1OC(F)F. The molecule has 0 aromatic heterocycles. The van der Waals surface area contributed by atoms with Crippen LogP contribution in [0.15, 0.2) is 18.2 Å². The first kappa shape index (κ1) is 13.2. The molecule has 4 nitrogen and oxygen atoms in total. The molecular formula is C11H12F2N2O2. The molecule has 1 unspecified atom stereocenters. The van der Waals surface area contributed by atoms with Gasteiger partial charge in [0.25, 0.3) is 0 Å². The standard InChI is InChI=1S/C11H12F2N2O2/c1-2-16-10-5-7(8(15)6-14)3-4-9(10)17-11(12)13/h3-5,8,11H,2,15H2,1H3. The first-order valence-electron chi connectivity index (χ1n) is 4.95. The predicted octanol–water partition coefficient (Wildman–Crippen LogP) is 2.21. The van der Waals surface area contributed by atoms with E-state index in [-0.39, 0.29) is 11.5 Å². The van der Waals surface area contributed by atoms with E-state index in [0.717, 1.165) is 0 Å². The van der Waals surface area contributed by atoms with E-state index in [4.69, 9.17) is 15.7 Å². The highest BCUT2D eigenvalue weighted by Gasteiger charge is 2.13. The minimum atomic E-state index is -2.93. The van der Waals surface area contributed by atoms with Crippen LogP contribution in [0.5, 0.6) is 11.5 Å². The Hall–Kier alpha value is -1.87. The molecule has 1 aromatic rings. The molecule has 0 aliphatic heterocycles. The number of nitriles is 1. The second-order valence-electron chi connectivity index (χ2n) is 3.12. The van der Waals surface area contributed by atoms with Crippen LogP contribution in [-0.4, -0.2) is 13.2 Å². The summed E-state index contributed by atoms with van der Waals surface area (Å²) in [4.78, 5) is 0. The van der Waals surface area contributed by atoms with Crippen molar-refractivity contribution in [2.24, 2.45) is 5.73 Å². The van der Waals surface area contributed by atoms with E-state index in [1.807, 2.05) is 6.07 Å². The van der Waals surface area contributed by atoms with Gasteiger partial charge in [0.2, 0.25) is 0 Å². The van der Waals surface area contributed by atoms with Crippen molar-refractivity contribution in [3.63, 3.8) is 0 Å². The molecule has 0 amide bonds. The molecule has 1 atom stereocenters. The summed E-state index contributed by atoms with van der Waals surface area (Å²) in [5.41, 5.74) is 5.99. The molecule has 0 saturated carbocycles. The Labute approximate surface area is 97.5 Å². The monoisotopic (exact) mass is 242 g/mol. The predicted molar refractivity (Wildman–Crippen MR) is 56.8 cm³/mol. The minimum Gasteiger partial charge on any atom is -0.490 e. The lowest BCUT2D eigenvalue weighted by atomic mass is 10.1. The summed E-state index contributed by atoms with van der Waals surface area (Å²) in [7, 11) is 0. The second kappa shape index (κ2) is 6.01. The van der Waals surface area contributed by atoms with E-state index < -0.39 is 12.7 Å². The molecule has 2 N–H and O–H groups in total. The number of nitrogens with zero attached hydrogens (tertiary/aromatic N) is 1. The topological polar surface area (TPSA) is 68.3 Å². The number of benzene rings is 1. The molecule has 0 radical (unpaired) electrons. The van der Waals surface area contributed by atoms with Gasteiger partial charge in [-0.15, -0.1) is 0 Å². The van der Waals surface area contributed by atoms with E-state index >= 15 is 0 Å². The fraction of sp³-hybridized carbons (Fsp3) is 0.364. The van der Waals surface area contributed by atoms with Gasteiger partial charge >= 0.3 is 6.61 Å². The number of hydrogen-bond donors (Lipinski definition) is 1. The van der Waals surface area contributed by atoms with Gasteiger partial charge in [-0.2, -0.15) is 14.0 Å². The Morgan fingerprint density at radius 3 is 2.65 bits per heavy atom. The quantitative estimate of drug-likeness (QED) is 0.859. The van der Waals surface area contributed by atoms with E-state index in [1.54, 1.807) is 6.92 Å². The van der Waals surface area contributed by atoms with E-state index in [0.29, 0.717) is 12.2 Å². The molecule has 0 aliphatic rings. The number of alkyl halides is 2. The van der Waals surface area contributed by atoms with Crippen LogP contribution in [0.25, 0.3) is 0 Å². The Kier molecular flexibility index (Phi) is 4.67. The summed E-state index contributed by atoms with van der Waals surface area (Å²) < 4.78 is 33.7. The third-order valence-corrected chi connectivity index (χ3v) is 1.98. The molecule has 1 rings (SSSR count). The van der Waals surface area contributed by atoms with Gasteiger partial charge in [-0.05, 0) is 24.6 Å². The number of hydrogen-bond acceptors (Lipinski definition) is 4. The van der Waals surface area contributed by atoms with Crippen LogP contribution in [0, 0.1) is 11.3 Å².